The summed E-state index contributed by atoms with van der Waals surface area (Å²) in [5.74, 6) is 2.64. The van der Waals surface area contributed by atoms with E-state index in [4.69, 9.17) is 18.9 Å². The summed E-state index contributed by atoms with van der Waals surface area (Å²) < 4.78 is 21.6. The molecule has 7 nitrogen and oxygen atoms in total. The molecular weight excluding hydrogens is 372 g/mol. The van der Waals surface area contributed by atoms with Crippen LogP contribution in [0.4, 0.5) is 0 Å². The molecule has 0 spiro atoms. The Balaban J connectivity index is 1.48. The van der Waals surface area contributed by atoms with Crippen LogP contribution in [0.5, 0.6) is 23.0 Å². The molecule has 0 unspecified atom stereocenters. The lowest BCUT2D eigenvalue weighted by atomic mass is 10.1. The van der Waals surface area contributed by atoms with Gasteiger partial charge in [0.25, 0.3) is 5.91 Å². The molecule has 0 bridgehead atoms. The van der Waals surface area contributed by atoms with Gasteiger partial charge in [0.15, 0.2) is 29.6 Å². The number of amides is 1. The number of nitrogens with zero attached hydrogens (tertiary/aromatic N) is 2. The lowest BCUT2D eigenvalue weighted by Gasteiger charge is -2.34. The molecule has 1 aliphatic heterocycles. The number of para-hydroxylation sites is 2. The Kier molecular flexibility index (Phi) is 7.19. The van der Waals surface area contributed by atoms with Gasteiger partial charge in [-0.3, -0.25) is 9.69 Å². The van der Waals surface area contributed by atoms with Crippen LogP contribution in [-0.2, 0) is 11.3 Å². The predicted molar refractivity (Wildman–Crippen MR) is 110 cm³/mol. The lowest BCUT2D eigenvalue weighted by Crippen LogP contribution is -2.49. The topological polar surface area (TPSA) is 60.5 Å². The van der Waals surface area contributed by atoms with Crippen LogP contribution < -0.4 is 18.9 Å². The van der Waals surface area contributed by atoms with Crippen molar-refractivity contribution in [3.8, 4) is 23.0 Å². The molecule has 7 heteroatoms. The number of hydrogen-bond donors (Lipinski definition) is 0. The molecule has 0 aromatic heterocycles. The van der Waals surface area contributed by atoms with E-state index in [2.05, 4.69) is 4.90 Å². The van der Waals surface area contributed by atoms with Crippen LogP contribution in [0.15, 0.2) is 42.5 Å². The summed E-state index contributed by atoms with van der Waals surface area (Å²) in [7, 11) is 4.85. The highest BCUT2D eigenvalue weighted by molar-refractivity contribution is 5.78. The maximum absolute atomic E-state index is 12.5. The number of hydrogen-bond acceptors (Lipinski definition) is 6. The number of piperazine rings is 1. The first-order valence-corrected chi connectivity index (χ1v) is 9.61. The number of ether oxygens (including phenoxy) is 4. The first kappa shape index (κ1) is 20.8. The van der Waals surface area contributed by atoms with E-state index >= 15 is 0 Å². The van der Waals surface area contributed by atoms with Crippen molar-refractivity contribution in [1.82, 2.24) is 9.80 Å². The Morgan fingerprint density at radius 3 is 2.10 bits per heavy atom. The fraction of sp³-hybridized carbons (Fsp3) is 0.409. The first-order valence-electron chi connectivity index (χ1n) is 9.61. The fourth-order valence-corrected chi connectivity index (χ4v) is 3.36. The number of rotatable bonds is 8. The summed E-state index contributed by atoms with van der Waals surface area (Å²) in [4.78, 5) is 16.7. The summed E-state index contributed by atoms with van der Waals surface area (Å²) >= 11 is 0. The molecule has 29 heavy (non-hydrogen) atoms. The van der Waals surface area contributed by atoms with Gasteiger partial charge in [0.1, 0.15) is 0 Å². The van der Waals surface area contributed by atoms with Gasteiger partial charge in [-0.2, -0.15) is 0 Å². The van der Waals surface area contributed by atoms with E-state index in [1.165, 1.54) is 0 Å². The van der Waals surface area contributed by atoms with Crippen molar-refractivity contribution >= 4 is 5.91 Å². The minimum atomic E-state index is -0.0123. The Morgan fingerprint density at radius 2 is 1.45 bits per heavy atom. The minimum Gasteiger partial charge on any atom is -0.493 e. The molecule has 156 valence electrons. The average molecular weight is 400 g/mol. The standard InChI is InChI=1S/C22H28N2O5/c1-26-18-6-4-5-7-20(18)29-16-22(25)24-12-10-23(11-13-24)15-17-8-9-19(27-2)21(14-17)28-3/h4-9,14H,10-13,15-16H2,1-3H3. The summed E-state index contributed by atoms with van der Waals surface area (Å²) in [6, 6.07) is 13.3. The molecule has 0 N–H and O–H groups in total. The van der Waals surface area contributed by atoms with E-state index in [0.717, 1.165) is 36.7 Å². The van der Waals surface area contributed by atoms with Gasteiger partial charge in [-0.05, 0) is 29.8 Å². The van der Waals surface area contributed by atoms with Crippen LogP contribution in [0.3, 0.4) is 0 Å². The highest BCUT2D eigenvalue weighted by Gasteiger charge is 2.22. The highest BCUT2D eigenvalue weighted by atomic mass is 16.5. The second-order valence-electron chi connectivity index (χ2n) is 6.79. The summed E-state index contributed by atoms with van der Waals surface area (Å²) in [6.45, 7) is 3.81. The van der Waals surface area contributed by atoms with Gasteiger partial charge in [0.05, 0.1) is 21.3 Å². The molecule has 3 rings (SSSR count). The largest absolute Gasteiger partial charge is 0.493 e. The van der Waals surface area contributed by atoms with Crippen LogP contribution >= 0.6 is 0 Å². The minimum absolute atomic E-state index is 0.00997. The highest BCUT2D eigenvalue weighted by Crippen LogP contribution is 2.28. The number of carbonyl (C=O) groups is 1. The third-order valence-electron chi connectivity index (χ3n) is 5.00. The van der Waals surface area contributed by atoms with Crippen molar-refractivity contribution in [3.05, 3.63) is 48.0 Å². The van der Waals surface area contributed by atoms with Crippen LogP contribution in [0.1, 0.15) is 5.56 Å². The third-order valence-corrected chi connectivity index (χ3v) is 5.00. The van der Waals surface area contributed by atoms with Gasteiger partial charge in [-0.1, -0.05) is 18.2 Å². The van der Waals surface area contributed by atoms with Crippen molar-refractivity contribution in [2.24, 2.45) is 0 Å². The van der Waals surface area contributed by atoms with E-state index in [9.17, 15) is 4.79 Å². The molecule has 1 amide bonds. The smallest absolute Gasteiger partial charge is 0.260 e. The molecule has 0 saturated carbocycles. The van der Waals surface area contributed by atoms with Gasteiger partial charge in [0.2, 0.25) is 0 Å². The quantitative estimate of drug-likeness (QED) is 0.678. The summed E-state index contributed by atoms with van der Waals surface area (Å²) in [5, 5.41) is 0. The molecule has 2 aromatic rings. The zero-order valence-electron chi connectivity index (χ0n) is 17.2. The molecule has 1 saturated heterocycles. The average Bonchev–Trinajstić information content (AvgIpc) is 2.78. The zero-order valence-corrected chi connectivity index (χ0v) is 17.2. The van der Waals surface area contributed by atoms with Crippen LogP contribution in [-0.4, -0.2) is 69.8 Å². The normalized spacial score (nSPS) is 14.4. The maximum Gasteiger partial charge on any atom is 0.260 e. The Labute approximate surface area is 171 Å². The van der Waals surface area contributed by atoms with Gasteiger partial charge in [-0.15, -0.1) is 0 Å². The number of benzene rings is 2. The molecule has 2 aromatic carbocycles. The molecule has 0 atom stereocenters. The van der Waals surface area contributed by atoms with Crippen molar-refractivity contribution in [2.45, 2.75) is 6.54 Å². The molecule has 1 heterocycles. The van der Waals surface area contributed by atoms with Crippen molar-refractivity contribution in [3.63, 3.8) is 0 Å². The molecule has 1 aliphatic rings. The van der Waals surface area contributed by atoms with Gasteiger partial charge >= 0.3 is 0 Å². The van der Waals surface area contributed by atoms with E-state index in [0.29, 0.717) is 24.6 Å². The van der Waals surface area contributed by atoms with E-state index in [-0.39, 0.29) is 12.5 Å². The summed E-state index contributed by atoms with van der Waals surface area (Å²) in [6.07, 6.45) is 0. The third kappa shape index (κ3) is 5.32. The fourth-order valence-electron chi connectivity index (χ4n) is 3.36. The van der Waals surface area contributed by atoms with Gasteiger partial charge in [-0.25, -0.2) is 0 Å². The van der Waals surface area contributed by atoms with Crippen LogP contribution in [0, 0.1) is 0 Å². The lowest BCUT2D eigenvalue weighted by molar-refractivity contribution is -0.135. The second-order valence-corrected chi connectivity index (χ2v) is 6.79. The van der Waals surface area contributed by atoms with Crippen LogP contribution in [0.25, 0.3) is 0 Å². The maximum atomic E-state index is 12.5. The van der Waals surface area contributed by atoms with Crippen LogP contribution in [0.2, 0.25) is 0 Å². The van der Waals surface area contributed by atoms with E-state index in [1.807, 2.05) is 41.3 Å². The predicted octanol–water partition coefficient (Wildman–Crippen LogP) is 2.44. The molecule has 1 fully saturated rings. The Morgan fingerprint density at radius 1 is 0.828 bits per heavy atom. The zero-order chi connectivity index (χ0) is 20.6. The van der Waals surface area contributed by atoms with Gasteiger partial charge in [0, 0.05) is 32.7 Å². The van der Waals surface area contributed by atoms with Crippen molar-refractivity contribution in [1.29, 1.82) is 0 Å². The Hall–Kier alpha value is -2.93. The van der Waals surface area contributed by atoms with Gasteiger partial charge < -0.3 is 23.8 Å². The number of carbonyl (C=O) groups excluding carboxylic acids is 1. The summed E-state index contributed by atoms with van der Waals surface area (Å²) in [5.41, 5.74) is 1.15. The van der Waals surface area contributed by atoms with E-state index in [1.54, 1.807) is 27.4 Å². The molecular formula is C22H28N2O5. The second kappa shape index (κ2) is 10.0. The van der Waals surface area contributed by atoms with Crippen molar-refractivity contribution < 1.29 is 23.7 Å². The van der Waals surface area contributed by atoms with E-state index < -0.39 is 0 Å². The Bertz CT molecular complexity index is 819. The first-order chi connectivity index (χ1) is 14.1. The number of methoxy groups -OCH3 is 3. The monoisotopic (exact) mass is 400 g/mol. The molecule has 0 aliphatic carbocycles. The SMILES string of the molecule is COc1ccc(CN2CCN(C(=O)COc3ccccc3OC)CC2)cc1OC. The van der Waals surface area contributed by atoms with Crippen molar-refractivity contribution in [2.75, 3.05) is 54.1 Å². The molecule has 0 radical (unpaired) electrons.